The third-order valence-electron chi connectivity index (χ3n) is 5.52. The minimum atomic E-state index is -4.26. The zero-order chi connectivity index (χ0) is 29.9. The van der Waals surface area contributed by atoms with Crippen LogP contribution in [0.5, 0.6) is 5.75 Å². The molecular formula is C25H33F5N4O5S. The summed E-state index contributed by atoms with van der Waals surface area (Å²) < 4.78 is 84.3. The Hall–Kier alpha value is -3.07. The van der Waals surface area contributed by atoms with E-state index in [2.05, 4.69) is 20.5 Å². The maximum atomic E-state index is 13.5. The Morgan fingerprint density at radius 1 is 1.10 bits per heavy atom. The third kappa shape index (κ3) is 10.8. The molecular weight excluding hydrogens is 563 g/mol. The Balaban J connectivity index is 2.29. The van der Waals surface area contributed by atoms with Crippen molar-refractivity contribution in [1.29, 1.82) is 0 Å². The molecule has 0 saturated carbocycles. The SMILES string of the molecule is CCc1cc(OCCCC(F)(F)F)ccc1NC(=O)c1c(CC)nn(CCCOC(F)F)c1NC(=O)CS(C)=O. The topological polar surface area (TPSA) is 112 Å². The highest BCUT2D eigenvalue weighted by atomic mass is 32.2. The second-order valence-corrected chi connectivity index (χ2v) is 10.1. The summed E-state index contributed by atoms with van der Waals surface area (Å²) in [5, 5.41) is 9.74. The second kappa shape index (κ2) is 15.6. The molecule has 0 radical (unpaired) electrons. The van der Waals surface area contributed by atoms with Crippen molar-refractivity contribution in [3.05, 3.63) is 35.0 Å². The van der Waals surface area contributed by atoms with E-state index in [0.717, 1.165) is 0 Å². The fourth-order valence-electron chi connectivity index (χ4n) is 3.75. The molecule has 1 aromatic heterocycles. The van der Waals surface area contributed by atoms with Crippen molar-refractivity contribution in [2.24, 2.45) is 0 Å². The van der Waals surface area contributed by atoms with Crippen LogP contribution in [0, 0.1) is 0 Å². The maximum Gasteiger partial charge on any atom is 0.389 e. The molecule has 0 aliphatic rings. The Morgan fingerprint density at radius 3 is 2.42 bits per heavy atom. The number of aryl methyl sites for hydroxylation is 3. The molecule has 0 spiro atoms. The Kier molecular flexibility index (Phi) is 13.0. The molecule has 1 unspecified atom stereocenters. The van der Waals surface area contributed by atoms with Crippen molar-refractivity contribution >= 4 is 34.1 Å². The molecule has 9 nitrogen and oxygen atoms in total. The van der Waals surface area contributed by atoms with Crippen LogP contribution in [0.4, 0.5) is 33.5 Å². The molecule has 2 N–H and O–H groups in total. The molecule has 1 aromatic carbocycles. The van der Waals surface area contributed by atoms with E-state index in [4.69, 9.17) is 4.74 Å². The summed E-state index contributed by atoms with van der Waals surface area (Å²) in [6.45, 7) is 0.287. The number of benzene rings is 1. The number of nitrogens with zero attached hydrogens (tertiary/aromatic N) is 2. The number of nitrogens with one attached hydrogen (secondary N) is 2. The van der Waals surface area contributed by atoms with Gasteiger partial charge in [-0.1, -0.05) is 13.8 Å². The van der Waals surface area contributed by atoms with Crippen molar-refractivity contribution in [2.45, 2.75) is 65.3 Å². The van der Waals surface area contributed by atoms with Gasteiger partial charge in [0.25, 0.3) is 5.91 Å². The van der Waals surface area contributed by atoms with E-state index in [1.807, 2.05) is 6.92 Å². The average Bonchev–Trinajstić information content (AvgIpc) is 3.20. The average molecular weight is 597 g/mol. The first-order valence-electron chi connectivity index (χ1n) is 12.6. The van der Waals surface area contributed by atoms with Gasteiger partial charge in [0.2, 0.25) is 5.91 Å². The largest absolute Gasteiger partial charge is 0.494 e. The standard InChI is InChI=1S/C25H33F5N4O5S/c1-4-16-14-17(38-12-6-10-25(28,29)30)8-9-19(16)31-23(36)21-18(5-2)33-34(11-7-13-39-24(26)27)22(21)32-20(35)15-40(3)37/h8-9,14,24H,4-7,10-13,15H2,1-3H3,(H,31,36)(H,32,35). The van der Waals surface area contributed by atoms with Crippen molar-refractivity contribution in [1.82, 2.24) is 9.78 Å². The number of anilines is 2. The van der Waals surface area contributed by atoms with Gasteiger partial charge in [-0.15, -0.1) is 0 Å². The molecule has 2 aromatic rings. The van der Waals surface area contributed by atoms with E-state index >= 15 is 0 Å². The van der Waals surface area contributed by atoms with Crippen LogP contribution in [0.15, 0.2) is 18.2 Å². The van der Waals surface area contributed by atoms with E-state index in [0.29, 0.717) is 35.5 Å². The number of rotatable bonds is 16. The number of hydrogen-bond acceptors (Lipinski definition) is 6. The molecule has 0 fully saturated rings. The van der Waals surface area contributed by atoms with Crippen LogP contribution in [0.2, 0.25) is 0 Å². The lowest BCUT2D eigenvalue weighted by molar-refractivity contribution is -0.136. The smallest absolute Gasteiger partial charge is 0.389 e. The molecule has 224 valence electrons. The van der Waals surface area contributed by atoms with Crippen molar-refractivity contribution in [2.75, 3.05) is 35.9 Å². The maximum absolute atomic E-state index is 13.5. The Morgan fingerprint density at radius 2 is 1.82 bits per heavy atom. The number of hydrogen-bond donors (Lipinski definition) is 2. The first-order valence-corrected chi connectivity index (χ1v) is 14.3. The van der Waals surface area contributed by atoms with Gasteiger partial charge in [-0.2, -0.15) is 27.1 Å². The zero-order valence-electron chi connectivity index (χ0n) is 22.4. The highest BCUT2D eigenvalue weighted by Crippen LogP contribution is 2.28. The second-order valence-electron chi connectivity index (χ2n) is 8.69. The normalized spacial score (nSPS) is 12.4. The van der Waals surface area contributed by atoms with Gasteiger partial charge in [0.05, 0.1) is 18.9 Å². The minimum absolute atomic E-state index is 0.0320. The van der Waals surface area contributed by atoms with Gasteiger partial charge in [0.15, 0.2) is 0 Å². The fraction of sp³-hybridized carbons (Fsp3) is 0.560. The summed E-state index contributed by atoms with van der Waals surface area (Å²) >= 11 is 0. The van der Waals surface area contributed by atoms with E-state index in [1.165, 1.54) is 17.0 Å². The van der Waals surface area contributed by atoms with Crippen molar-refractivity contribution in [3.8, 4) is 5.75 Å². The van der Waals surface area contributed by atoms with Crippen LogP contribution < -0.4 is 15.4 Å². The predicted molar refractivity (Wildman–Crippen MR) is 140 cm³/mol. The molecule has 0 aliphatic carbocycles. The molecule has 15 heteroatoms. The molecule has 1 atom stereocenters. The molecule has 0 bridgehead atoms. The number of carbonyl (C=O) groups excluding carboxylic acids is 2. The van der Waals surface area contributed by atoms with Crippen LogP contribution in [0.3, 0.4) is 0 Å². The van der Waals surface area contributed by atoms with E-state index in [1.54, 1.807) is 19.1 Å². The van der Waals surface area contributed by atoms with E-state index in [9.17, 15) is 35.8 Å². The van der Waals surface area contributed by atoms with E-state index < -0.39 is 41.8 Å². The van der Waals surface area contributed by atoms with Crippen LogP contribution in [-0.2, 0) is 39.7 Å². The van der Waals surface area contributed by atoms with Gasteiger partial charge in [-0.3, -0.25) is 13.8 Å². The minimum Gasteiger partial charge on any atom is -0.494 e. The number of ether oxygens (including phenoxy) is 2. The van der Waals surface area contributed by atoms with Gasteiger partial charge in [-0.25, -0.2) is 4.68 Å². The van der Waals surface area contributed by atoms with Crippen LogP contribution >= 0.6 is 0 Å². The van der Waals surface area contributed by atoms with Crippen molar-refractivity contribution in [3.63, 3.8) is 0 Å². The van der Waals surface area contributed by atoms with Gasteiger partial charge >= 0.3 is 12.8 Å². The van der Waals surface area contributed by atoms with Gasteiger partial charge in [0, 0.05) is 35.7 Å². The summed E-state index contributed by atoms with van der Waals surface area (Å²) in [6, 6.07) is 4.70. The Bertz CT molecular complexity index is 1170. The summed E-state index contributed by atoms with van der Waals surface area (Å²) in [5.74, 6) is -1.17. The molecule has 2 amide bonds. The summed E-state index contributed by atoms with van der Waals surface area (Å²) in [5.41, 5.74) is 1.47. The van der Waals surface area contributed by atoms with Crippen LogP contribution in [0.25, 0.3) is 0 Å². The molecule has 1 heterocycles. The number of amides is 2. The zero-order valence-corrected chi connectivity index (χ0v) is 23.2. The summed E-state index contributed by atoms with van der Waals surface area (Å²) in [7, 11) is -1.46. The first kappa shape index (κ1) is 33.1. The highest BCUT2D eigenvalue weighted by molar-refractivity contribution is 7.85. The fourth-order valence-corrected chi connectivity index (χ4v) is 4.19. The van der Waals surface area contributed by atoms with Crippen molar-refractivity contribution < 1.29 is 45.2 Å². The predicted octanol–water partition coefficient (Wildman–Crippen LogP) is 4.93. The lowest BCUT2D eigenvalue weighted by atomic mass is 10.1. The number of aromatic nitrogens is 2. The van der Waals surface area contributed by atoms with E-state index in [-0.39, 0.29) is 49.7 Å². The quantitative estimate of drug-likeness (QED) is 0.210. The Labute approximate surface area is 231 Å². The molecule has 40 heavy (non-hydrogen) atoms. The van der Waals surface area contributed by atoms with Crippen LogP contribution in [-0.4, -0.2) is 63.8 Å². The lowest BCUT2D eigenvalue weighted by Crippen LogP contribution is -2.24. The highest BCUT2D eigenvalue weighted by Gasteiger charge is 2.27. The number of halogens is 5. The number of carbonyl (C=O) groups is 2. The van der Waals surface area contributed by atoms with Gasteiger partial charge in [-0.05, 0) is 49.4 Å². The van der Waals surface area contributed by atoms with Gasteiger partial charge < -0.3 is 20.1 Å². The molecule has 0 aliphatic heterocycles. The van der Waals surface area contributed by atoms with Gasteiger partial charge in [0.1, 0.15) is 22.9 Å². The monoisotopic (exact) mass is 596 g/mol. The third-order valence-corrected chi connectivity index (χ3v) is 6.18. The van der Waals surface area contributed by atoms with Crippen LogP contribution in [0.1, 0.15) is 54.7 Å². The summed E-state index contributed by atoms with van der Waals surface area (Å²) in [6.07, 6.45) is -3.18. The molecule has 2 rings (SSSR count). The number of alkyl halides is 5. The lowest BCUT2D eigenvalue weighted by Gasteiger charge is -2.15. The first-order chi connectivity index (χ1) is 18.8. The summed E-state index contributed by atoms with van der Waals surface area (Å²) in [4.78, 5) is 25.9. The molecule has 0 saturated heterocycles.